The standard InChI is InChI=1S/C22H19N5O4/c1-13-18(22(31-26-13)27-12-15-9-5-6-10-16(15)25-27)21(30)24-17(19(28)20(23)29)11-14-7-3-2-4-8-14/h2-10,12,17H,11H2,1H3,(H2,23,29)(H,24,30). The van der Waals surface area contributed by atoms with Crippen molar-refractivity contribution in [2.75, 3.05) is 0 Å². The number of nitrogens with one attached hydrogen (secondary N) is 1. The van der Waals surface area contributed by atoms with Crippen LogP contribution < -0.4 is 11.1 Å². The van der Waals surface area contributed by atoms with E-state index in [4.69, 9.17) is 10.3 Å². The highest BCUT2D eigenvalue weighted by molar-refractivity contribution is 6.38. The summed E-state index contributed by atoms with van der Waals surface area (Å²) in [6.07, 6.45) is 1.82. The lowest BCUT2D eigenvalue weighted by atomic mass is 10.0. The predicted octanol–water partition coefficient (Wildman–Crippen LogP) is 1.72. The minimum Gasteiger partial charge on any atom is -0.363 e. The van der Waals surface area contributed by atoms with Crippen LogP contribution in [0.2, 0.25) is 0 Å². The van der Waals surface area contributed by atoms with Crippen LogP contribution in [-0.4, -0.2) is 38.6 Å². The first-order chi connectivity index (χ1) is 14.9. The molecular weight excluding hydrogens is 398 g/mol. The molecule has 2 amide bonds. The number of nitrogens with zero attached hydrogens (tertiary/aromatic N) is 3. The Labute approximate surface area is 176 Å². The molecule has 0 aliphatic heterocycles. The summed E-state index contributed by atoms with van der Waals surface area (Å²) >= 11 is 0. The third-order valence-corrected chi connectivity index (χ3v) is 4.84. The van der Waals surface area contributed by atoms with E-state index in [1.165, 1.54) is 4.68 Å². The summed E-state index contributed by atoms with van der Waals surface area (Å²) < 4.78 is 6.77. The van der Waals surface area contributed by atoms with Gasteiger partial charge in [-0.1, -0.05) is 53.7 Å². The Hall–Kier alpha value is -4.27. The summed E-state index contributed by atoms with van der Waals surface area (Å²) in [5, 5.41) is 11.8. The molecule has 9 heteroatoms. The number of nitrogens with two attached hydrogens (primary N) is 1. The van der Waals surface area contributed by atoms with Crippen LogP contribution in [0.3, 0.4) is 0 Å². The fourth-order valence-electron chi connectivity index (χ4n) is 3.31. The normalized spacial score (nSPS) is 11.9. The maximum atomic E-state index is 13.1. The molecule has 1 unspecified atom stereocenters. The molecule has 2 aromatic carbocycles. The number of Topliss-reactive ketones (excluding diaryl/α,β-unsaturated/α-hetero) is 1. The number of aryl methyl sites for hydroxylation is 1. The molecule has 2 heterocycles. The van der Waals surface area contributed by atoms with Crippen LogP contribution in [-0.2, 0) is 16.0 Å². The predicted molar refractivity (Wildman–Crippen MR) is 111 cm³/mol. The van der Waals surface area contributed by atoms with Crippen molar-refractivity contribution in [3.05, 3.63) is 77.6 Å². The molecule has 0 fully saturated rings. The highest BCUT2D eigenvalue weighted by Gasteiger charge is 2.29. The summed E-state index contributed by atoms with van der Waals surface area (Å²) in [7, 11) is 0. The Morgan fingerprint density at radius 3 is 2.52 bits per heavy atom. The van der Waals surface area contributed by atoms with Crippen molar-refractivity contribution in [1.82, 2.24) is 20.3 Å². The summed E-state index contributed by atoms with van der Waals surface area (Å²) in [5.41, 5.74) is 7.11. The van der Waals surface area contributed by atoms with Gasteiger partial charge < -0.3 is 15.6 Å². The second-order valence-electron chi connectivity index (χ2n) is 7.02. The Bertz CT molecular complexity index is 1240. The van der Waals surface area contributed by atoms with E-state index in [0.717, 1.165) is 10.9 Å². The summed E-state index contributed by atoms with van der Waals surface area (Å²) in [6, 6.07) is 15.3. The molecule has 0 aliphatic carbocycles. The number of hydrogen-bond donors (Lipinski definition) is 2. The summed E-state index contributed by atoms with van der Waals surface area (Å²) in [6.45, 7) is 1.60. The zero-order chi connectivity index (χ0) is 22.0. The number of rotatable bonds is 7. The number of amides is 2. The Kier molecular flexibility index (Phi) is 5.31. The lowest BCUT2D eigenvalue weighted by Gasteiger charge is -2.16. The average Bonchev–Trinajstić information content (AvgIpc) is 3.36. The van der Waals surface area contributed by atoms with Gasteiger partial charge in [0.2, 0.25) is 5.78 Å². The molecule has 2 aromatic heterocycles. The van der Waals surface area contributed by atoms with Crippen molar-refractivity contribution in [3.63, 3.8) is 0 Å². The highest BCUT2D eigenvalue weighted by Crippen LogP contribution is 2.21. The topological polar surface area (TPSA) is 133 Å². The van der Waals surface area contributed by atoms with Gasteiger partial charge >= 0.3 is 0 Å². The van der Waals surface area contributed by atoms with Crippen LogP contribution in [0.1, 0.15) is 21.6 Å². The van der Waals surface area contributed by atoms with Crippen molar-refractivity contribution in [1.29, 1.82) is 0 Å². The molecule has 0 bridgehead atoms. The number of carbonyl (C=O) groups excluding carboxylic acids is 3. The molecule has 156 valence electrons. The maximum absolute atomic E-state index is 13.1. The second kappa shape index (κ2) is 8.23. The van der Waals surface area contributed by atoms with E-state index in [-0.39, 0.29) is 17.9 Å². The van der Waals surface area contributed by atoms with Gasteiger partial charge in [0.15, 0.2) is 0 Å². The van der Waals surface area contributed by atoms with Gasteiger partial charge in [-0.25, -0.2) is 4.68 Å². The third-order valence-electron chi connectivity index (χ3n) is 4.84. The minimum atomic E-state index is -1.13. The SMILES string of the molecule is Cc1noc(-n2cc3ccccc3n2)c1C(=O)NC(Cc1ccccc1)C(=O)C(N)=O. The van der Waals surface area contributed by atoms with Crippen LogP contribution in [0, 0.1) is 6.92 Å². The van der Waals surface area contributed by atoms with E-state index in [0.29, 0.717) is 11.2 Å². The number of fused-ring (bicyclic) bond motifs is 1. The maximum Gasteiger partial charge on any atom is 0.287 e. The monoisotopic (exact) mass is 417 g/mol. The van der Waals surface area contributed by atoms with Gasteiger partial charge in [0.1, 0.15) is 11.6 Å². The van der Waals surface area contributed by atoms with Crippen molar-refractivity contribution in [2.24, 2.45) is 5.73 Å². The molecule has 0 saturated heterocycles. The summed E-state index contributed by atoms with van der Waals surface area (Å²) in [5.74, 6) is -2.53. The van der Waals surface area contributed by atoms with Crippen LogP contribution in [0.25, 0.3) is 16.8 Å². The summed E-state index contributed by atoms with van der Waals surface area (Å²) in [4.78, 5) is 37.0. The van der Waals surface area contributed by atoms with E-state index in [9.17, 15) is 14.4 Å². The zero-order valence-corrected chi connectivity index (χ0v) is 16.6. The van der Waals surface area contributed by atoms with Gasteiger partial charge in [-0.2, -0.15) is 5.10 Å². The molecular formula is C22H19N5O4. The smallest absolute Gasteiger partial charge is 0.287 e. The van der Waals surface area contributed by atoms with Gasteiger partial charge in [-0.05, 0) is 18.6 Å². The quantitative estimate of drug-likeness (QED) is 0.440. The lowest BCUT2D eigenvalue weighted by molar-refractivity contribution is -0.137. The number of aromatic nitrogens is 3. The molecule has 0 spiro atoms. The van der Waals surface area contributed by atoms with E-state index < -0.39 is 23.6 Å². The van der Waals surface area contributed by atoms with E-state index in [1.807, 2.05) is 30.3 Å². The molecule has 4 aromatic rings. The van der Waals surface area contributed by atoms with E-state index in [2.05, 4.69) is 15.6 Å². The van der Waals surface area contributed by atoms with Gasteiger partial charge in [-0.3, -0.25) is 14.4 Å². The molecule has 4 rings (SSSR count). The molecule has 0 radical (unpaired) electrons. The van der Waals surface area contributed by atoms with E-state index >= 15 is 0 Å². The first kappa shape index (κ1) is 20.0. The molecule has 3 N–H and O–H groups in total. The van der Waals surface area contributed by atoms with Crippen LogP contribution in [0.5, 0.6) is 0 Å². The van der Waals surface area contributed by atoms with E-state index in [1.54, 1.807) is 37.4 Å². The largest absolute Gasteiger partial charge is 0.363 e. The van der Waals surface area contributed by atoms with Crippen LogP contribution >= 0.6 is 0 Å². The highest BCUT2D eigenvalue weighted by atomic mass is 16.5. The van der Waals surface area contributed by atoms with Crippen LogP contribution in [0.4, 0.5) is 0 Å². The van der Waals surface area contributed by atoms with Crippen molar-refractivity contribution in [2.45, 2.75) is 19.4 Å². The lowest BCUT2D eigenvalue weighted by Crippen LogP contribution is -2.47. The van der Waals surface area contributed by atoms with Gasteiger partial charge in [0.25, 0.3) is 17.7 Å². The number of hydrogen-bond acceptors (Lipinski definition) is 6. The fourth-order valence-corrected chi connectivity index (χ4v) is 3.31. The Morgan fingerprint density at radius 2 is 1.81 bits per heavy atom. The second-order valence-corrected chi connectivity index (χ2v) is 7.02. The number of carbonyl (C=O) groups is 3. The molecule has 1 atom stereocenters. The van der Waals surface area contributed by atoms with Crippen molar-refractivity contribution in [3.8, 4) is 5.88 Å². The molecule has 0 saturated carbocycles. The Balaban J connectivity index is 1.65. The fraction of sp³-hybridized carbons (Fsp3) is 0.136. The Morgan fingerprint density at radius 1 is 1.10 bits per heavy atom. The molecule has 9 nitrogen and oxygen atoms in total. The number of primary amides is 1. The average molecular weight is 417 g/mol. The van der Waals surface area contributed by atoms with Crippen molar-refractivity contribution < 1.29 is 18.9 Å². The van der Waals surface area contributed by atoms with Gasteiger partial charge in [0.05, 0.1) is 11.2 Å². The number of benzene rings is 2. The van der Waals surface area contributed by atoms with Gasteiger partial charge in [-0.15, -0.1) is 0 Å². The molecule has 31 heavy (non-hydrogen) atoms. The molecule has 0 aliphatic rings. The van der Waals surface area contributed by atoms with Gasteiger partial charge in [0, 0.05) is 18.0 Å². The minimum absolute atomic E-state index is 0.108. The first-order valence-corrected chi connectivity index (χ1v) is 9.53. The van der Waals surface area contributed by atoms with Crippen molar-refractivity contribution >= 4 is 28.5 Å². The third kappa shape index (κ3) is 4.06. The number of ketones is 1. The first-order valence-electron chi connectivity index (χ1n) is 9.53. The zero-order valence-electron chi connectivity index (χ0n) is 16.6. The van der Waals surface area contributed by atoms with Crippen LogP contribution in [0.15, 0.2) is 65.3 Å².